The fourth-order valence-corrected chi connectivity index (χ4v) is 2.31. The Morgan fingerprint density at radius 1 is 1.61 bits per heavy atom. The van der Waals surface area contributed by atoms with E-state index in [4.69, 9.17) is 0 Å². The quantitative estimate of drug-likeness (QED) is 0.630. The Morgan fingerprint density at radius 3 is 3.00 bits per heavy atom. The molecule has 1 saturated carbocycles. The third-order valence-corrected chi connectivity index (χ3v) is 3.35. The first kappa shape index (κ1) is 12.8. The van der Waals surface area contributed by atoms with Gasteiger partial charge in [-0.2, -0.15) is 0 Å². The lowest BCUT2D eigenvalue weighted by atomic mass is 10.1. The van der Waals surface area contributed by atoms with E-state index in [-0.39, 0.29) is 23.5 Å². The number of aromatic nitrogens is 1. The van der Waals surface area contributed by atoms with E-state index < -0.39 is 4.92 Å². The van der Waals surface area contributed by atoms with Gasteiger partial charge in [0.15, 0.2) is 0 Å². The normalized spacial score (nSPS) is 23.0. The van der Waals surface area contributed by atoms with Gasteiger partial charge in [-0.3, -0.25) is 10.1 Å². The Bertz CT molecular complexity index is 450. The Morgan fingerprint density at radius 2 is 2.39 bits per heavy atom. The summed E-state index contributed by atoms with van der Waals surface area (Å²) in [7, 11) is 0. The van der Waals surface area contributed by atoms with Crippen LogP contribution in [0.2, 0.25) is 0 Å². The molecule has 2 rings (SSSR count). The van der Waals surface area contributed by atoms with Gasteiger partial charge in [0.1, 0.15) is 0 Å². The van der Waals surface area contributed by atoms with Gasteiger partial charge in [-0.25, -0.2) is 4.98 Å². The Labute approximate surface area is 105 Å². The molecule has 0 radical (unpaired) electrons. The Kier molecular flexibility index (Phi) is 3.76. The van der Waals surface area contributed by atoms with Gasteiger partial charge in [0.25, 0.3) is 0 Å². The summed E-state index contributed by atoms with van der Waals surface area (Å²) in [6.07, 6.45) is 4.07. The molecule has 2 unspecified atom stereocenters. The molecule has 0 spiro atoms. The zero-order valence-electron chi connectivity index (χ0n) is 10.3. The highest BCUT2D eigenvalue weighted by molar-refractivity contribution is 5.56. The van der Waals surface area contributed by atoms with Crippen molar-refractivity contribution in [2.75, 3.05) is 11.9 Å². The van der Waals surface area contributed by atoms with Crippen LogP contribution in [0.5, 0.6) is 0 Å². The summed E-state index contributed by atoms with van der Waals surface area (Å²) in [6.45, 7) is 2.29. The lowest BCUT2D eigenvalue weighted by molar-refractivity contribution is -0.384. The van der Waals surface area contributed by atoms with Crippen molar-refractivity contribution in [3.8, 4) is 0 Å². The van der Waals surface area contributed by atoms with Crippen LogP contribution in [0.3, 0.4) is 0 Å². The molecule has 0 aliphatic heterocycles. The molecule has 2 N–H and O–H groups in total. The van der Waals surface area contributed by atoms with Gasteiger partial charge in [-0.05, 0) is 25.3 Å². The van der Waals surface area contributed by atoms with E-state index >= 15 is 0 Å². The molecular weight excluding hydrogens is 234 g/mol. The molecule has 1 aromatic rings. The van der Waals surface area contributed by atoms with Gasteiger partial charge in [-0.1, -0.05) is 6.42 Å². The minimum atomic E-state index is -0.437. The number of nitrogens with zero attached hydrogens (tertiary/aromatic N) is 2. The SMILES string of the molecule is Cc1cnc(NCC2CCCC2O)c([N+](=O)[O-])c1. The maximum atomic E-state index is 10.9. The molecule has 0 bridgehead atoms. The van der Waals surface area contributed by atoms with Crippen molar-refractivity contribution in [3.05, 3.63) is 27.9 Å². The summed E-state index contributed by atoms with van der Waals surface area (Å²) in [4.78, 5) is 14.5. The maximum Gasteiger partial charge on any atom is 0.311 e. The fourth-order valence-electron chi connectivity index (χ4n) is 2.31. The molecule has 6 nitrogen and oxygen atoms in total. The van der Waals surface area contributed by atoms with Gasteiger partial charge >= 0.3 is 5.69 Å². The first-order valence-corrected chi connectivity index (χ1v) is 6.11. The molecule has 1 aromatic heterocycles. The van der Waals surface area contributed by atoms with E-state index in [1.807, 2.05) is 0 Å². The van der Waals surface area contributed by atoms with E-state index in [0.717, 1.165) is 24.8 Å². The van der Waals surface area contributed by atoms with Crippen LogP contribution in [-0.2, 0) is 0 Å². The summed E-state index contributed by atoms with van der Waals surface area (Å²) in [5.41, 5.74) is 0.746. The first-order chi connectivity index (χ1) is 8.58. The standard InChI is InChI=1S/C12H17N3O3/c1-8-5-10(15(17)18)12(13-6-8)14-7-9-3-2-4-11(9)16/h5-6,9,11,16H,2-4,7H2,1H3,(H,13,14). The Balaban J connectivity index is 2.06. The third-order valence-electron chi connectivity index (χ3n) is 3.35. The highest BCUT2D eigenvalue weighted by Gasteiger charge is 2.26. The van der Waals surface area contributed by atoms with Crippen LogP contribution < -0.4 is 5.32 Å². The lowest BCUT2D eigenvalue weighted by Gasteiger charge is -2.15. The van der Waals surface area contributed by atoms with Gasteiger partial charge in [0, 0.05) is 24.7 Å². The number of hydrogen-bond donors (Lipinski definition) is 2. The van der Waals surface area contributed by atoms with E-state index in [0.29, 0.717) is 6.54 Å². The number of rotatable bonds is 4. The van der Waals surface area contributed by atoms with Crippen LogP contribution in [0, 0.1) is 23.0 Å². The molecule has 6 heteroatoms. The molecule has 1 heterocycles. The first-order valence-electron chi connectivity index (χ1n) is 6.11. The van der Waals surface area contributed by atoms with Gasteiger partial charge < -0.3 is 10.4 Å². The number of hydrogen-bond acceptors (Lipinski definition) is 5. The van der Waals surface area contributed by atoms with Crippen LogP contribution in [0.25, 0.3) is 0 Å². The highest BCUT2D eigenvalue weighted by atomic mass is 16.6. The topological polar surface area (TPSA) is 88.3 Å². The van der Waals surface area contributed by atoms with Crippen molar-refractivity contribution >= 4 is 11.5 Å². The van der Waals surface area contributed by atoms with Gasteiger partial charge in [-0.15, -0.1) is 0 Å². The lowest BCUT2D eigenvalue weighted by Crippen LogP contribution is -2.22. The smallest absolute Gasteiger partial charge is 0.311 e. The number of aryl methyl sites for hydroxylation is 1. The molecule has 18 heavy (non-hydrogen) atoms. The second-order valence-electron chi connectivity index (χ2n) is 4.78. The van der Waals surface area contributed by atoms with Gasteiger partial charge in [0.2, 0.25) is 5.82 Å². The number of aliphatic hydroxyl groups is 1. The molecular formula is C12H17N3O3. The van der Waals surface area contributed by atoms with E-state index in [9.17, 15) is 15.2 Å². The number of nitro groups is 1. The maximum absolute atomic E-state index is 10.9. The molecule has 1 aliphatic rings. The molecule has 0 aromatic carbocycles. The van der Waals surface area contributed by atoms with E-state index in [1.54, 1.807) is 13.1 Å². The largest absolute Gasteiger partial charge is 0.393 e. The second-order valence-corrected chi connectivity index (χ2v) is 4.78. The predicted molar refractivity (Wildman–Crippen MR) is 67.5 cm³/mol. The summed E-state index contributed by atoms with van der Waals surface area (Å²) in [5.74, 6) is 0.442. The summed E-state index contributed by atoms with van der Waals surface area (Å²) >= 11 is 0. The summed E-state index contributed by atoms with van der Waals surface area (Å²) < 4.78 is 0. The van der Waals surface area contributed by atoms with Crippen LogP contribution in [0.1, 0.15) is 24.8 Å². The number of nitrogens with one attached hydrogen (secondary N) is 1. The third kappa shape index (κ3) is 2.76. The second kappa shape index (κ2) is 5.30. The fraction of sp³-hybridized carbons (Fsp3) is 0.583. The molecule has 1 aliphatic carbocycles. The molecule has 0 amide bonds. The van der Waals surface area contributed by atoms with Crippen LogP contribution in [0.4, 0.5) is 11.5 Å². The average molecular weight is 251 g/mol. The van der Waals surface area contributed by atoms with Crippen LogP contribution in [-0.4, -0.2) is 27.7 Å². The van der Waals surface area contributed by atoms with Crippen LogP contribution in [0.15, 0.2) is 12.3 Å². The average Bonchev–Trinajstić information content (AvgIpc) is 2.73. The van der Waals surface area contributed by atoms with Crippen molar-refractivity contribution in [3.63, 3.8) is 0 Å². The molecule has 2 atom stereocenters. The van der Waals surface area contributed by atoms with Crippen molar-refractivity contribution < 1.29 is 10.0 Å². The number of pyridine rings is 1. The highest BCUT2D eigenvalue weighted by Crippen LogP contribution is 2.27. The molecule has 0 saturated heterocycles. The minimum Gasteiger partial charge on any atom is -0.393 e. The monoisotopic (exact) mass is 251 g/mol. The van der Waals surface area contributed by atoms with Crippen molar-refractivity contribution in [2.24, 2.45) is 5.92 Å². The van der Waals surface area contributed by atoms with Crippen molar-refractivity contribution in [1.82, 2.24) is 4.98 Å². The van der Waals surface area contributed by atoms with Crippen molar-refractivity contribution in [2.45, 2.75) is 32.3 Å². The zero-order chi connectivity index (χ0) is 13.1. The molecule has 98 valence electrons. The van der Waals surface area contributed by atoms with E-state index in [2.05, 4.69) is 10.3 Å². The predicted octanol–water partition coefficient (Wildman–Crippen LogP) is 1.87. The minimum absolute atomic E-state index is 0.0116. The molecule has 1 fully saturated rings. The summed E-state index contributed by atoms with van der Waals surface area (Å²) in [5, 5.41) is 23.6. The van der Waals surface area contributed by atoms with Crippen LogP contribution >= 0.6 is 0 Å². The van der Waals surface area contributed by atoms with E-state index in [1.165, 1.54) is 6.07 Å². The van der Waals surface area contributed by atoms with Gasteiger partial charge in [0.05, 0.1) is 11.0 Å². The zero-order valence-corrected chi connectivity index (χ0v) is 10.3. The number of anilines is 1. The Hall–Kier alpha value is -1.69. The number of aliphatic hydroxyl groups excluding tert-OH is 1. The summed E-state index contributed by atoms with van der Waals surface area (Å²) in [6, 6.07) is 1.50. The van der Waals surface area contributed by atoms with Crippen molar-refractivity contribution in [1.29, 1.82) is 0 Å².